The van der Waals surface area contributed by atoms with E-state index in [0.717, 1.165) is 30.7 Å². The van der Waals surface area contributed by atoms with E-state index in [1.54, 1.807) is 32.2 Å². The first-order chi connectivity index (χ1) is 12.1. The fraction of sp³-hybridized carbons (Fsp3) is 0.350. The molecule has 1 heterocycles. The van der Waals surface area contributed by atoms with Gasteiger partial charge in [0, 0.05) is 11.6 Å². The summed E-state index contributed by atoms with van der Waals surface area (Å²) in [6, 6.07) is 15.1. The van der Waals surface area contributed by atoms with E-state index in [4.69, 9.17) is 21.1 Å². The van der Waals surface area contributed by atoms with Crippen molar-refractivity contribution >= 4 is 17.5 Å². The molecule has 2 aromatic rings. The van der Waals surface area contributed by atoms with Crippen LogP contribution >= 0.6 is 11.6 Å². The molecule has 2 unspecified atom stereocenters. The third kappa shape index (κ3) is 4.07. The average Bonchev–Trinajstić information content (AvgIpc) is 3.10. The maximum absolute atomic E-state index is 12.9. The van der Waals surface area contributed by atoms with E-state index in [9.17, 15) is 4.79 Å². The Balaban J connectivity index is 1.71. The molecule has 0 radical (unpaired) electrons. The Hall–Kier alpha value is -2.20. The van der Waals surface area contributed by atoms with Gasteiger partial charge < -0.3 is 14.4 Å². The number of rotatable bonds is 5. The fourth-order valence-electron chi connectivity index (χ4n) is 3.23. The van der Waals surface area contributed by atoms with Gasteiger partial charge in [0.15, 0.2) is 6.10 Å². The normalized spacial score (nSPS) is 18.0. The number of benzene rings is 2. The molecule has 0 spiro atoms. The van der Waals surface area contributed by atoms with Crippen LogP contribution < -0.4 is 9.47 Å². The minimum Gasteiger partial charge on any atom is -0.497 e. The summed E-state index contributed by atoms with van der Waals surface area (Å²) in [5.74, 6) is 1.42. The van der Waals surface area contributed by atoms with E-state index in [1.807, 2.05) is 35.2 Å². The maximum Gasteiger partial charge on any atom is 0.263 e. The molecule has 1 fully saturated rings. The third-order valence-electron chi connectivity index (χ3n) is 4.49. The topological polar surface area (TPSA) is 38.8 Å². The van der Waals surface area contributed by atoms with Gasteiger partial charge in [-0.1, -0.05) is 29.8 Å². The quantitative estimate of drug-likeness (QED) is 0.790. The number of carbonyl (C=O) groups is 1. The van der Waals surface area contributed by atoms with Crippen LogP contribution in [0.25, 0.3) is 0 Å². The van der Waals surface area contributed by atoms with Crippen LogP contribution in [0.5, 0.6) is 11.5 Å². The predicted octanol–water partition coefficient (Wildman–Crippen LogP) is 4.48. The van der Waals surface area contributed by atoms with Crippen molar-refractivity contribution in [3.63, 3.8) is 0 Å². The number of halogens is 1. The molecule has 0 aromatic heterocycles. The Morgan fingerprint density at radius 2 is 1.96 bits per heavy atom. The average molecular weight is 360 g/mol. The molecular weight excluding hydrogens is 338 g/mol. The maximum atomic E-state index is 12.9. The molecular formula is C20H22ClNO3. The number of nitrogens with zero attached hydrogens (tertiary/aromatic N) is 1. The SMILES string of the molecule is COc1ccc(C2CCCN2C(=O)C(C)Oc2cccc(Cl)c2)cc1. The second kappa shape index (κ2) is 7.79. The van der Waals surface area contributed by atoms with Gasteiger partial charge in [0.2, 0.25) is 0 Å². The van der Waals surface area contributed by atoms with Gasteiger partial charge in [-0.25, -0.2) is 0 Å². The van der Waals surface area contributed by atoms with Gasteiger partial charge in [-0.2, -0.15) is 0 Å². The van der Waals surface area contributed by atoms with Crippen LogP contribution in [0.4, 0.5) is 0 Å². The van der Waals surface area contributed by atoms with E-state index in [0.29, 0.717) is 10.8 Å². The van der Waals surface area contributed by atoms with Gasteiger partial charge in [0.05, 0.1) is 13.2 Å². The highest BCUT2D eigenvalue weighted by atomic mass is 35.5. The Kier molecular flexibility index (Phi) is 5.49. The van der Waals surface area contributed by atoms with Crippen LogP contribution in [0.1, 0.15) is 31.4 Å². The molecule has 2 atom stereocenters. The summed E-state index contributed by atoms with van der Waals surface area (Å²) in [7, 11) is 1.65. The Bertz CT molecular complexity index is 732. The van der Waals surface area contributed by atoms with Crippen molar-refractivity contribution in [2.45, 2.75) is 31.9 Å². The first-order valence-corrected chi connectivity index (χ1v) is 8.83. The lowest BCUT2D eigenvalue weighted by molar-refractivity contribution is -0.138. The third-order valence-corrected chi connectivity index (χ3v) is 4.73. The number of amides is 1. The predicted molar refractivity (Wildman–Crippen MR) is 98.2 cm³/mol. The molecule has 5 heteroatoms. The molecule has 1 amide bonds. The van der Waals surface area contributed by atoms with Crippen LogP contribution in [0.15, 0.2) is 48.5 Å². The highest BCUT2D eigenvalue weighted by molar-refractivity contribution is 6.30. The first-order valence-electron chi connectivity index (χ1n) is 8.45. The summed E-state index contributed by atoms with van der Waals surface area (Å²) in [6.07, 6.45) is 1.39. The number of likely N-dealkylation sites (tertiary alicyclic amines) is 1. The standard InChI is InChI=1S/C20H22ClNO3/c1-14(25-18-6-3-5-16(21)13-18)20(23)22-12-4-7-19(22)15-8-10-17(24-2)11-9-15/h3,5-6,8-11,13-14,19H,4,7,12H2,1-2H3. The molecule has 0 saturated carbocycles. The van der Waals surface area contributed by atoms with E-state index in [-0.39, 0.29) is 11.9 Å². The number of carbonyl (C=O) groups excluding carboxylic acids is 1. The number of ether oxygens (including phenoxy) is 2. The summed E-state index contributed by atoms with van der Waals surface area (Å²) < 4.78 is 11.0. The number of methoxy groups -OCH3 is 1. The summed E-state index contributed by atoms with van der Waals surface area (Å²) >= 11 is 5.98. The molecule has 0 aliphatic carbocycles. The molecule has 0 bridgehead atoms. The largest absolute Gasteiger partial charge is 0.497 e. The van der Waals surface area contributed by atoms with Gasteiger partial charge >= 0.3 is 0 Å². The van der Waals surface area contributed by atoms with E-state index in [1.165, 1.54) is 0 Å². The first kappa shape index (κ1) is 17.6. The summed E-state index contributed by atoms with van der Waals surface area (Å²) in [5, 5.41) is 0.592. The lowest BCUT2D eigenvalue weighted by atomic mass is 10.0. The molecule has 132 valence electrons. The highest BCUT2D eigenvalue weighted by Gasteiger charge is 2.33. The van der Waals surface area contributed by atoms with Crippen molar-refractivity contribution in [1.82, 2.24) is 4.90 Å². The van der Waals surface area contributed by atoms with Gasteiger partial charge in [0.25, 0.3) is 5.91 Å². The van der Waals surface area contributed by atoms with Crippen LogP contribution in [-0.4, -0.2) is 30.6 Å². The molecule has 1 aliphatic rings. The number of hydrogen-bond acceptors (Lipinski definition) is 3. The molecule has 4 nitrogen and oxygen atoms in total. The smallest absolute Gasteiger partial charge is 0.263 e. The summed E-state index contributed by atoms with van der Waals surface area (Å²) in [4.78, 5) is 14.8. The summed E-state index contributed by atoms with van der Waals surface area (Å²) in [5.41, 5.74) is 1.13. The van der Waals surface area contributed by atoms with Crippen molar-refractivity contribution in [1.29, 1.82) is 0 Å². The Morgan fingerprint density at radius 3 is 2.64 bits per heavy atom. The van der Waals surface area contributed by atoms with Gasteiger partial charge in [-0.15, -0.1) is 0 Å². The minimum atomic E-state index is -0.558. The van der Waals surface area contributed by atoms with Crippen molar-refractivity contribution < 1.29 is 14.3 Å². The van der Waals surface area contributed by atoms with Crippen molar-refractivity contribution in [2.75, 3.05) is 13.7 Å². The van der Waals surface area contributed by atoms with Crippen molar-refractivity contribution in [3.8, 4) is 11.5 Å². The monoisotopic (exact) mass is 359 g/mol. The second-order valence-corrected chi connectivity index (χ2v) is 6.62. The highest BCUT2D eigenvalue weighted by Crippen LogP contribution is 2.33. The van der Waals surface area contributed by atoms with Gasteiger partial charge in [-0.05, 0) is 55.7 Å². The molecule has 0 N–H and O–H groups in total. The van der Waals surface area contributed by atoms with Crippen LogP contribution in [0.3, 0.4) is 0 Å². The summed E-state index contributed by atoms with van der Waals surface area (Å²) in [6.45, 7) is 2.53. The minimum absolute atomic E-state index is 0.00158. The fourth-order valence-corrected chi connectivity index (χ4v) is 3.41. The molecule has 1 aliphatic heterocycles. The zero-order valence-corrected chi connectivity index (χ0v) is 15.2. The zero-order chi connectivity index (χ0) is 17.8. The zero-order valence-electron chi connectivity index (χ0n) is 14.4. The number of hydrogen-bond donors (Lipinski definition) is 0. The van der Waals surface area contributed by atoms with E-state index >= 15 is 0 Å². The molecule has 1 saturated heterocycles. The van der Waals surface area contributed by atoms with Crippen molar-refractivity contribution in [3.05, 3.63) is 59.1 Å². The van der Waals surface area contributed by atoms with Crippen LogP contribution in [-0.2, 0) is 4.79 Å². The molecule has 2 aromatic carbocycles. The van der Waals surface area contributed by atoms with E-state index in [2.05, 4.69) is 0 Å². The lowest BCUT2D eigenvalue weighted by Crippen LogP contribution is -2.40. The Labute approximate surface area is 153 Å². The van der Waals surface area contributed by atoms with Crippen LogP contribution in [0.2, 0.25) is 5.02 Å². The second-order valence-electron chi connectivity index (χ2n) is 6.18. The van der Waals surface area contributed by atoms with Gasteiger partial charge in [0.1, 0.15) is 11.5 Å². The Morgan fingerprint density at radius 1 is 1.20 bits per heavy atom. The molecule has 3 rings (SSSR count). The van der Waals surface area contributed by atoms with Gasteiger partial charge in [-0.3, -0.25) is 4.79 Å². The molecule has 25 heavy (non-hydrogen) atoms. The van der Waals surface area contributed by atoms with Crippen molar-refractivity contribution in [2.24, 2.45) is 0 Å². The van der Waals surface area contributed by atoms with E-state index < -0.39 is 6.10 Å². The lowest BCUT2D eigenvalue weighted by Gasteiger charge is -2.28. The van der Waals surface area contributed by atoms with Crippen LogP contribution in [0, 0.1) is 0 Å².